The number of rotatable bonds is 4. The molecule has 2 nitrogen and oxygen atoms in total. The predicted octanol–water partition coefficient (Wildman–Crippen LogP) is 4.67. The third-order valence-electron chi connectivity index (χ3n) is 6.80. The first-order chi connectivity index (χ1) is 9.55. The first-order valence-electron chi connectivity index (χ1n) is 8.33. The normalized spacial score (nSPS) is 41.1. The molecule has 0 aliphatic heterocycles. The van der Waals surface area contributed by atoms with E-state index in [1.165, 1.54) is 38.5 Å². The van der Waals surface area contributed by atoms with Crippen LogP contribution < -0.4 is 0 Å². The molecule has 0 heterocycles. The zero-order valence-corrected chi connectivity index (χ0v) is 12.9. The highest BCUT2D eigenvalue weighted by atomic mass is 14.6. The molecule has 4 rings (SSSR count). The molecule has 4 aliphatic carbocycles. The molecule has 0 saturated heterocycles. The van der Waals surface area contributed by atoms with Crippen LogP contribution in [0.25, 0.3) is 0 Å². The lowest BCUT2D eigenvalue weighted by molar-refractivity contribution is -0.128. The Hall–Kier alpha value is -1.02. The molecule has 1 unspecified atom stereocenters. The van der Waals surface area contributed by atoms with Crippen molar-refractivity contribution in [1.82, 2.24) is 0 Å². The summed E-state index contributed by atoms with van der Waals surface area (Å²) in [6.45, 7) is 4.42. The van der Waals surface area contributed by atoms with Gasteiger partial charge in [0.1, 0.15) is 0 Å². The summed E-state index contributed by atoms with van der Waals surface area (Å²) in [5.41, 5.74) is -0.0414. The standard InChI is InChI=1S/C18H26N2/c1-13(2)18(12-20,4-3-5-19)17-9-14-6-15(10-17)8-16(7-14)11-17/h13-16H,3-4,6-11H2,1-2H3. The molecule has 2 heteroatoms. The average molecular weight is 270 g/mol. The Morgan fingerprint density at radius 2 is 1.55 bits per heavy atom. The number of hydrogen-bond acceptors (Lipinski definition) is 2. The van der Waals surface area contributed by atoms with Crippen LogP contribution in [0.5, 0.6) is 0 Å². The van der Waals surface area contributed by atoms with Crippen molar-refractivity contribution in [3.8, 4) is 12.1 Å². The van der Waals surface area contributed by atoms with Crippen molar-refractivity contribution in [2.45, 2.75) is 65.2 Å². The molecule has 0 spiro atoms. The van der Waals surface area contributed by atoms with Crippen molar-refractivity contribution in [3.05, 3.63) is 0 Å². The molecule has 20 heavy (non-hydrogen) atoms. The Labute approximate surface area is 123 Å². The van der Waals surface area contributed by atoms with Crippen LogP contribution in [0.2, 0.25) is 0 Å². The summed E-state index contributed by atoms with van der Waals surface area (Å²) in [6, 6.07) is 5.05. The molecule has 1 atom stereocenters. The minimum atomic E-state index is -0.265. The van der Waals surface area contributed by atoms with Crippen LogP contribution in [0.1, 0.15) is 65.2 Å². The van der Waals surface area contributed by atoms with Gasteiger partial charge in [-0.3, -0.25) is 0 Å². The lowest BCUT2D eigenvalue weighted by Gasteiger charge is -2.63. The zero-order chi connectivity index (χ0) is 14.4. The Morgan fingerprint density at radius 3 is 1.90 bits per heavy atom. The second-order valence-corrected chi connectivity index (χ2v) is 8.09. The predicted molar refractivity (Wildman–Crippen MR) is 78.3 cm³/mol. The lowest BCUT2D eigenvalue weighted by Crippen LogP contribution is -2.56. The second-order valence-electron chi connectivity index (χ2n) is 8.09. The quantitative estimate of drug-likeness (QED) is 0.745. The maximum absolute atomic E-state index is 10.1. The van der Waals surface area contributed by atoms with Crippen LogP contribution in [-0.4, -0.2) is 0 Å². The molecule has 4 aliphatic rings. The largest absolute Gasteiger partial charge is 0.198 e. The van der Waals surface area contributed by atoms with E-state index < -0.39 is 0 Å². The van der Waals surface area contributed by atoms with E-state index in [1.54, 1.807) is 0 Å². The van der Waals surface area contributed by atoms with Crippen LogP contribution >= 0.6 is 0 Å². The van der Waals surface area contributed by atoms with Gasteiger partial charge in [0.15, 0.2) is 0 Å². The van der Waals surface area contributed by atoms with E-state index in [2.05, 4.69) is 26.0 Å². The van der Waals surface area contributed by atoms with E-state index in [0.717, 1.165) is 24.2 Å². The maximum atomic E-state index is 10.1. The van der Waals surface area contributed by atoms with Gasteiger partial charge >= 0.3 is 0 Å². The van der Waals surface area contributed by atoms with Gasteiger partial charge in [-0.05, 0) is 74.0 Å². The van der Waals surface area contributed by atoms with E-state index in [9.17, 15) is 5.26 Å². The fourth-order valence-corrected chi connectivity index (χ4v) is 6.38. The molecule has 0 aromatic rings. The fourth-order valence-electron chi connectivity index (χ4n) is 6.38. The summed E-state index contributed by atoms with van der Waals surface area (Å²) >= 11 is 0. The molecular formula is C18H26N2. The third kappa shape index (κ3) is 1.81. The smallest absolute Gasteiger partial charge is 0.0698 e. The van der Waals surface area contributed by atoms with Crippen LogP contribution in [-0.2, 0) is 0 Å². The minimum absolute atomic E-state index is 0.224. The monoisotopic (exact) mass is 270 g/mol. The van der Waals surface area contributed by atoms with E-state index in [4.69, 9.17) is 5.26 Å². The maximum Gasteiger partial charge on any atom is 0.0698 e. The number of nitriles is 2. The van der Waals surface area contributed by atoms with E-state index in [-0.39, 0.29) is 10.8 Å². The van der Waals surface area contributed by atoms with Crippen molar-refractivity contribution in [2.75, 3.05) is 0 Å². The average Bonchev–Trinajstić information content (AvgIpc) is 2.37. The molecule has 108 valence electrons. The van der Waals surface area contributed by atoms with E-state index in [0.29, 0.717) is 12.3 Å². The summed E-state index contributed by atoms with van der Waals surface area (Å²) in [7, 11) is 0. The Bertz CT molecular complexity index is 430. The van der Waals surface area contributed by atoms with Gasteiger partial charge in [0, 0.05) is 6.42 Å². The SMILES string of the molecule is CC(C)C(C#N)(CCC#N)C12CC3CC(CC(C3)C1)C2. The first kappa shape index (κ1) is 13.9. The highest BCUT2D eigenvalue weighted by Gasteiger charge is 2.61. The summed E-state index contributed by atoms with van der Waals surface area (Å²) in [4.78, 5) is 0. The van der Waals surface area contributed by atoms with Gasteiger partial charge < -0.3 is 0 Å². The summed E-state index contributed by atoms with van der Waals surface area (Å²) in [5.74, 6) is 2.97. The Kier molecular flexibility index (Phi) is 3.32. The van der Waals surface area contributed by atoms with Crippen LogP contribution in [0.3, 0.4) is 0 Å². The van der Waals surface area contributed by atoms with Gasteiger partial charge in [-0.1, -0.05) is 13.8 Å². The molecule has 4 bridgehead atoms. The van der Waals surface area contributed by atoms with Gasteiger partial charge in [-0.2, -0.15) is 10.5 Å². The minimum Gasteiger partial charge on any atom is -0.198 e. The highest BCUT2D eigenvalue weighted by Crippen LogP contribution is 2.68. The Balaban J connectivity index is 1.98. The van der Waals surface area contributed by atoms with Crippen molar-refractivity contribution in [2.24, 2.45) is 34.5 Å². The van der Waals surface area contributed by atoms with E-state index >= 15 is 0 Å². The molecule has 0 aromatic carbocycles. The van der Waals surface area contributed by atoms with Crippen molar-refractivity contribution >= 4 is 0 Å². The topological polar surface area (TPSA) is 47.6 Å². The van der Waals surface area contributed by atoms with Gasteiger partial charge in [0.05, 0.1) is 17.6 Å². The van der Waals surface area contributed by atoms with Crippen LogP contribution in [0.15, 0.2) is 0 Å². The van der Waals surface area contributed by atoms with Crippen LogP contribution in [0.4, 0.5) is 0 Å². The summed E-state index contributed by atoms with van der Waals surface area (Å²) in [5, 5.41) is 19.1. The number of hydrogen-bond donors (Lipinski definition) is 0. The van der Waals surface area contributed by atoms with E-state index in [1.807, 2.05) is 0 Å². The molecule has 0 radical (unpaired) electrons. The van der Waals surface area contributed by atoms with Gasteiger partial charge in [0.25, 0.3) is 0 Å². The van der Waals surface area contributed by atoms with Crippen molar-refractivity contribution in [1.29, 1.82) is 10.5 Å². The zero-order valence-electron chi connectivity index (χ0n) is 12.9. The lowest BCUT2D eigenvalue weighted by atomic mass is 9.40. The summed E-state index contributed by atoms with van der Waals surface area (Å²) < 4.78 is 0. The third-order valence-corrected chi connectivity index (χ3v) is 6.80. The van der Waals surface area contributed by atoms with Gasteiger partial charge in [-0.15, -0.1) is 0 Å². The molecule has 0 N–H and O–H groups in total. The molecule has 0 aromatic heterocycles. The summed E-state index contributed by atoms with van der Waals surface area (Å²) in [6.07, 6.45) is 9.34. The molecule has 4 saturated carbocycles. The molecule has 0 amide bonds. The molecular weight excluding hydrogens is 244 g/mol. The van der Waals surface area contributed by atoms with Gasteiger partial charge in [-0.25, -0.2) is 0 Å². The van der Waals surface area contributed by atoms with Crippen molar-refractivity contribution in [3.63, 3.8) is 0 Å². The highest BCUT2D eigenvalue weighted by molar-refractivity contribution is 5.18. The number of nitrogens with zero attached hydrogens (tertiary/aromatic N) is 2. The van der Waals surface area contributed by atoms with Gasteiger partial charge in [0.2, 0.25) is 0 Å². The Morgan fingerprint density at radius 1 is 1.05 bits per heavy atom. The fraction of sp³-hybridized carbons (Fsp3) is 0.889. The first-order valence-corrected chi connectivity index (χ1v) is 8.33. The second kappa shape index (κ2) is 4.77. The molecule has 4 fully saturated rings. The van der Waals surface area contributed by atoms with Crippen molar-refractivity contribution < 1.29 is 0 Å². The van der Waals surface area contributed by atoms with Crippen LogP contribution in [0, 0.1) is 57.2 Å².